The zero-order valence-electron chi connectivity index (χ0n) is 10.8. The molecule has 1 aromatic rings. The second kappa shape index (κ2) is 5.88. The molecule has 0 unspecified atom stereocenters. The van der Waals surface area contributed by atoms with Gasteiger partial charge in [-0.25, -0.2) is 0 Å². The molecule has 0 aliphatic heterocycles. The average molecular weight is 270 g/mol. The lowest BCUT2D eigenvalue weighted by Crippen LogP contribution is -2.08. The summed E-state index contributed by atoms with van der Waals surface area (Å²) in [5.41, 5.74) is 1.77. The molecule has 0 heterocycles. The molecule has 0 bridgehead atoms. The van der Waals surface area contributed by atoms with E-state index in [0.717, 1.165) is 5.57 Å². The van der Waals surface area contributed by atoms with Gasteiger partial charge in [0.2, 0.25) is 0 Å². The number of hydrogen-bond donors (Lipinski definition) is 0. The van der Waals surface area contributed by atoms with Crippen LogP contribution in [0.15, 0.2) is 66.2 Å². The van der Waals surface area contributed by atoms with Gasteiger partial charge in [-0.15, -0.1) is 0 Å². The van der Waals surface area contributed by atoms with E-state index in [1.54, 1.807) is 6.08 Å². The van der Waals surface area contributed by atoms with E-state index in [1.807, 2.05) is 24.3 Å². The Morgan fingerprint density at radius 3 is 2.30 bits per heavy atom. The number of nitrogens with zero attached hydrogens (tertiary/aromatic N) is 1. The smallest absolute Gasteiger partial charge is 0.269 e. The molecule has 0 N–H and O–H groups in total. The first kappa shape index (κ1) is 13.6. The molecule has 0 amide bonds. The maximum Gasteiger partial charge on any atom is 0.269 e. The lowest BCUT2D eigenvalue weighted by Gasteiger charge is -2.15. The molecule has 1 aromatic carbocycles. The van der Waals surface area contributed by atoms with Crippen LogP contribution in [0.25, 0.3) is 5.57 Å². The molecule has 5 nitrogen and oxygen atoms in total. The molecular formula is C15H12NO4-. The molecule has 1 aliphatic carbocycles. The second-order valence-electron chi connectivity index (χ2n) is 4.07. The first-order valence-electron chi connectivity index (χ1n) is 5.88. The van der Waals surface area contributed by atoms with Crippen LogP contribution in [0.5, 0.6) is 0 Å². The van der Waals surface area contributed by atoms with Gasteiger partial charge in [-0.2, -0.15) is 0 Å². The summed E-state index contributed by atoms with van der Waals surface area (Å²) in [6, 6.07) is 5.78. The van der Waals surface area contributed by atoms with Gasteiger partial charge in [0.25, 0.3) is 5.69 Å². The molecule has 0 aromatic heterocycles. The SMILES string of the molecule is CO/C([O-])=C(/C=C1C=CC=C1)c1ccc([N+](=O)[O-])cc1. The predicted octanol–water partition coefficient (Wildman–Crippen LogP) is 2.32. The van der Waals surface area contributed by atoms with Crippen LogP contribution in [-0.4, -0.2) is 12.0 Å². The summed E-state index contributed by atoms with van der Waals surface area (Å²) in [5.74, 6) is -0.486. The van der Waals surface area contributed by atoms with Crippen LogP contribution in [0.4, 0.5) is 5.69 Å². The van der Waals surface area contributed by atoms with Crippen LogP contribution in [-0.2, 0) is 4.74 Å². The standard InChI is InChI=1S/C15H13NO4/c1-20-15(17)14(10-11-4-2-3-5-11)12-6-8-13(9-7-12)16(18)19/h2-10,17H,1H3/p-1/b15-14-. The molecule has 20 heavy (non-hydrogen) atoms. The molecule has 0 fully saturated rings. The molecular weight excluding hydrogens is 258 g/mol. The summed E-state index contributed by atoms with van der Waals surface area (Å²) < 4.78 is 4.75. The lowest BCUT2D eigenvalue weighted by molar-refractivity contribution is -0.384. The van der Waals surface area contributed by atoms with E-state index < -0.39 is 10.9 Å². The fraction of sp³-hybridized carbons (Fsp3) is 0.0667. The van der Waals surface area contributed by atoms with Crippen molar-refractivity contribution in [3.8, 4) is 0 Å². The monoisotopic (exact) mass is 270 g/mol. The minimum atomic E-state index is -0.486. The van der Waals surface area contributed by atoms with Crippen LogP contribution < -0.4 is 5.11 Å². The maximum atomic E-state index is 11.8. The Morgan fingerprint density at radius 1 is 1.20 bits per heavy atom. The molecule has 0 saturated heterocycles. The fourth-order valence-corrected chi connectivity index (χ4v) is 1.78. The van der Waals surface area contributed by atoms with Crippen molar-refractivity contribution in [1.82, 2.24) is 0 Å². The third-order valence-corrected chi connectivity index (χ3v) is 2.79. The Labute approximate surface area is 116 Å². The van der Waals surface area contributed by atoms with E-state index in [9.17, 15) is 15.2 Å². The molecule has 1 aliphatic rings. The van der Waals surface area contributed by atoms with Gasteiger partial charge in [0.05, 0.1) is 10.9 Å². The number of nitro benzene ring substituents is 1. The van der Waals surface area contributed by atoms with Gasteiger partial charge in [-0.05, 0) is 36.5 Å². The zero-order valence-corrected chi connectivity index (χ0v) is 10.8. The summed E-state index contributed by atoms with van der Waals surface area (Å²) in [6.07, 6.45) is 9.11. The number of non-ortho nitro benzene ring substituents is 1. The number of benzene rings is 1. The molecule has 0 saturated carbocycles. The zero-order chi connectivity index (χ0) is 14.5. The molecule has 5 heteroatoms. The second-order valence-corrected chi connectivity index (χ2v) is 4.07. The Bertz CT molecular complexity index is 622. The number of allylic oxidation sites excluding steroid dienone is 7. The van der Waals surface area contributed by atoms with E-state index in [-0.39, 0.29) is 5.69 Å². The van der Waals surface area contributed by atoms with Crippen molar-refractivity contribution < 1.29 is 14.8 Å². The first-order chi connectivity index (χ1) is 9.61. The fourth-order valence-electron chi connectivity index (χ4n) is 1.78. The largest absolute Gasteiger partial charge is 0.616 e. The molecule has 0 radical (unpaired) electrons. The minimum Gasteiger partial charge on any atom is -0.616 e. The van der Waals surface area contributed by atoms with Gasteiger partial charge in [0.15, 0.2) is 0 Å². The van der Waals surface area contributed by atoms with E-state index in [0.29, 0.717) is 11.1 Å². The molecule has 2 rings (SSSR count). The third kappa shape index (κ3) is 2.95. The highest BCUT2D eigenvalue weighted by Gasteiger charge is 2.07. The summed E-state index contributed by atoms with van der Waals surface area (Å²) in [6.45, 7) is 0. The lowest BCUT2D eigenvalue weighted by atomic mass is 10.0. The van der Waals surface area contributed by atoms with Gasteiger partial charge in [-0.3, -0.25) is 10.1 Å². The normalized spacial score (nSPS) is 14.2. The predicted molar refractivity (Wildman–Crippen MR) is 73.4 cm³/mol. The van der Waals surface area contributed by atoms with Crippen LogP contribution in [0.3, 0.4) is 0 Å². The molecule has 102 valence electrons. The summed E-state index contributed by atoms with van der Waals surface area (Å²) in [7, 11) is 1.30. The number of methoxy groups -OCH3 is 1. The van der Waals surface area contributed by atoms with Crippen molar-refractivity contribution in [3.05, 3.63) is 81.8 Å². The van der Waals surface area contributed by atoms with Crippen molar-refractivity contribution in [2.75, 3.05) is 7.11 Å². The highest BCUT2D eigenvalue weighted by Crippen LogP contribution is 2.24. The van der Waals surface area contributed by atoms with Crippen molar-refractivity contribution in [2.24, 2.45) is 0 Å². The topological polar surface area (TPSA) is 75.4 Å². The number of nitro groups is 1. The Morgan fingerprint density at radius 2 is 1.80 bits per heavy atom. The summed E-state index contributed by atoms with van der Waals surface area (Å²) in [4.78, 5) is 10.1. The first-order valence-corrected chi connectivity index (χ1v) is 5.88. The van der Waals surface area contributed by atoms with Crippen LogP contribution in [0.2, 0.25) is 0 Å². The molecule has 0 atom stereocenters. The Kier molecular flexibility index (Phi) is 4.00. The van der Waals surface area contributed by atoms with Gasteiger partial charge in [-0.1, -0.05) is 24.3 Å². The van der Waals surface area contributed by atoms with E-state index in [2.05, 4.69) is 0 Å². The van der Waals surface area contributed by atoms with Crippen molar-refractivity contribution >= 4 is 11.3 Å². The summed E-state index contributed by atoms with van der Waals surface area (Å²) >= 11 is 0. The van der Waals surface area contributed by atoms with E-state index in [1.165, 1.54) is 31.4 Å². The van der Waals surface area contributed by atoms with Crippen molar-refractivity contribution in [2.45, 2.75) is 0 Å². The Hall–Kier alpha value is -2.82. The van der Waals surface area contributed by atoms with E-state index >= 15 is 0 Å². The summed E-state index contributed by atoms with van der Waals surface area (Å²) in [5, 5.41) is 22.5. The minimum absolute atomic E-state index is 0.0220. The van der Waals surface area contributed by atoms with Crippen molar-refractivity contribution in [3.63, 3.8) is 0 Å². The van der Waals surface area contributed by atoms with Gasteiger partial charge in [0, 0.05) is 17.7 Å². The highest BCUT2D eigenvalue weighted by molar-refractivity contribution is 5.77. The Balaban J connectivity index is 2.42. The van der Waals surface area contributed by atoms with Crippen LogP contribution in [0.1, 0.15) is 5.56 Å². The maximum absolute atomic E-state index is 11.8. The van der Waals surface area contributed by atoms with Crippen LogP contribution >= 0.6 is 0 Å². The third-order valence-electron chi connectivity index (χ3n) is 2.79. The number of ether oxygens (including phenoxy) is 1. The van der Waals surface area contributed by atoms with Crippen molar-refractivity contribution in [1.29, 1.82) is 0 Å². The molecule has 0 spiro atoms. The number of rotatable bonds is 4. The van der Waals surface area contributed by atoms with Gasteiger partial charge in [0.1, 0.15) is 0 Å². The highest BCUT2D eigenvalue weighted by atomic mass is 16.6. The van der Waals surface area contributed by atoms with Gasteiger partial charge < -0.3 is 9.84 Å². The van der Waals surface area contributed by atoms with Crippen LogP contribution in [0, 0.1) is 10.1 Å². The quantitative estimate of drug-likeness (QED) is 0.478. The number of hydrogen-bond acceptors (Lipinski definition) is 4. The van der Waals surface area contributed by atoms with Gasteiger partial charge >= 0.3 is 0 Å². The van der Waals surface area contributed by atoms with E-state index in [4.69, 9.17) is 4.74 Å². The average Bonchev–Trinajstić information content (AvgIpc) is 2.97.